The van der Waals surface area contributed by atoms with Crippen LogP contribution in [-0.4, -0.2) is 47.7 Å². The molecule has 0 saturated heterocycles. The summed E-state index contributed by atoms with van der Waals surface area (Å²) < 4.78 is 8.36. The molecule has 0 aliphatic carbocycles. The predicted molar refractivity (Wildman–Crippen MR) is 149 cm³/mol. The number of hydrogen-bond donors (Lipinski definition) is 0. The second-order valence-corrected chi connectivity index (χ2v) is 22.6. The summed E-state index contributed by atoms with van der Waals surface area (Å²) in [7, 11) is 0. The van der Waals surface area contributed by atoms with Gasteiger partial charge in [-0.15, -0.1) is 0 Å². The number of nitriles is 1. The Morgan fingerprint density at radius 1 is 0.861 bits per heavy atom. The first-order valence-corrected chi connectivity index (χ1v) is 20.7. The Labute approximate surface area is 219 Å². The second-order valence-electron chi connectivity index (χ2n) is 9.35. The zero-order valence-electron chi connectivity index (χ0n) is 22.2. The van der Waals surface area contributed by atoms with Crippen LogP contribution in [0.15, 0.2) is 55.2 Å². The van der Waals surface area contributed by atoms with Crippen LogP contribution in [0.2, 0.25) is 13.3 Å². The number of aromatic nitrogens is 6. The van der Waals surface area contributed by atoms with Crippen LogP contribution in [0, 0.1) is 11.3 Å². The molecule has 36 heavy (non-hydrogen) atoms. The van der Waals surface area contributed by atoms with Gasteiger partial charge in [0.15, 0.2) is 0 Å². The maximum absolute atomic E-state index is 7.32. The van der Waals surface area contributed by atoms with Crippen molar-refractivity contribution in [1.29, 1.82) is 5.26 Å². The molecule has 4 aromatic heterocycles. The summed E-state index contributed by atoms with van der Waals surface area (Å²) in [6, 6.07) is 10.4. The van der Waals surface area contributed by atoms with Crippen LogP contribution in [0.3, 0.4) is 0 Å². The van der Waals surface area contributed by atoms with Crippen molar-refractivity contribution in [1.82, 2.24) is 29.4 Å². The van der Waals surface area contributed by atoms with E-state index in [9.17, 15) is 0 Å². The summed E-state index contributed by atoms with van der Waals surface area (Å²) in [5.74, 6) is 0.705. The number of rotatable bonds is 12. The fraction of sp³-hybridized carbons (Fsp3) is 0.464. The summed E-state index contributed by atoms with van der Waals surface area (Å²) in [5, 5.41) is 15.6. The molecular formula is C28H39N7Sn. The molecule has 4 heterocycles. The molecular weight excluding hydrogens is 553 g/mol. The maximum atomic E-state index is 7.32. The van der Waals surface area contributed by atoms with Crippen LogP contribution in [-0.2, 0) is 0 Å². The first kappa shape index (κ1) is 27.8. The van der Waals surface area contributed by atoms with Crippen molar-refractivity contribution in [2.24, 2.45) is 0 Å². The molecule has 0 aliphatic rings. The Bertz CT molecular complexity index is 1200. The SMILES string of the molecule is CC#N.CCC[CH2][Sn]([CH2]CCC)([CH2]CCC)[c]1ccc2nc(-c3ccc(-n4nccn4)nc3)cn2c1. The van der Waals surface area contributed by atoms with E-state index in [-0.39, 0.29) is 0 Å². The van der Waals surface area contributed by atoms with E-state index in [1.807, 2.05) is 18.3 Å². The minimum absolute atomic E-state index is 0.705. The molecule has 0 fully saturated rings. The van der Waals surface area contributed by atoms with Crippen LogP contribution in [0.1, 0.15) is 66.2 Å². The van der Waals surface area contributed by atoms with E-state index in [4.69, 9.17) is 10.2 Å². The van der Waals surface area contributed by atoms with Crippen LogP contribution >= 0.6 is 0 Å². The Balaban J connectivity index is 0.00000115. The third-order valence-electron chi connectivity index (χ3n) is 6.76. The van der Waals surface area contributed by atoms with E-state index in [1.165, 1.54) is 63.6 Å². The van der Waals surface area contributed by atoms with E-state index in [1.54, 1.807) is 22.0 Å². The molecule has 0 radical (unpaired) electrons. The third kappa shape index (κ3) is 6.94. The molecule has 0 spiro atoms. The van der Waals surface area contributed by atoms with E-state index >= 15 is 0 Å². The van der Waals surface area contributed by atoms with Gasteiger partial charge in [0.25, 0.3) is 0 Å². The van der Waals surface area contributed by atoms with Crippen molar-refractivity contribution in [3.05, 3.63) is 55.2 Å². The van der Waals surface area contributed by atoms with Crippen LogP contribution in [0.25, 0.3) is 22.7 Å². The first-order valence-electron chi connectivity index (χ1n) is 13.2. The van der Waals surface area contributed by atoms with Crippen molar-refractivity contribution in [2.45, 2.75) is 79.5 Å². The average molecular weight is 592 g/mol. The fourth-order valence-electron chi connectivity index (χ4n) is 4.79. The van der Waals surface area contributed by atoms with Gasteiger partial charge >= 0.3 is 202 Å². The third-order valence-corrected chi connectivity index (χ3v) is 22.3. The van der Waals surface area contributed by atoms with Gasteiger partial charge in [-0.2, -0.15) is 5.26 Å². The summed E-state index contributed by atoms with van der Waals surface area (Å²) in [6.45, 7) is 8.44. The molecule has 0 atom stereocenters. The van der Waals surface area contributed by atoms with Gasteiger partial charge in [-0.05, 0) is 0 Å². The second kappa shape index (κ2) is 14.1. The number of nitrogens with zero attached hydrogens (tertiary/aromatic N) is 7. The molecule has 8 heteroatoms. The van der Waals surface area contributed by atoms with Crippen molar-refractivity contribution >= 4 is 27.6 Å². The van der Waals surface area contributed by atoms with Crippen LogP contribution in [0.5, 0.6) is 0 Å². The summed E-state index contributed by atoms with van der Waals surface area (Å²) in [4.78, 5) is 10.9. The molecule has 190 valence electrons. The van der Waals surface area contributed by atoms with Gasteiger partial charge in [0.2, 0.25) is 0 Å². The normalized spacial score (nSPS) is 11.2. The zero-order chi connectivity index (χ0) is 25.8. The molecule has 0 aromatic carbocycles. The molecule has 7 nitrogen and oxygen atoms in total. The molecule has 4 rings (SSSR count). The summed E-state index contributed by atoms with van der Waals surface area (Å²) in [5.41, 5.74) is 2.97. The van der Waals surface area contributed by atoms with Gasteiger partial charge in [-0.25, -0.2) is 0 Å². The average Bonchev–Trinajstić information content (AvgIpc) is 3.59. The Kier molecular flexibility index (Phi) is 10.9. The molecule has 0 aliphatic heterocycles. The molecule has 0 saturated carbocycles. The van der Waals surface area contributed by atoms with E-state index in [0.29, 0.717) is 5.82 Å². The van der Waals surface area contributed by atoms with Gasteiger partial charge in [-0.1, -0.05) is 0 Å². The van der Waals surface area contributed by atoms with Crippen molar-refractivity contribution in [2.75, 3.05) is 0 Å². The standard InChI is InChI=1S/C14H9N6.3C4H9.C2H3N.Sn/c1-2-8-19-10-12(18-14(19)3-1)11-4-5-13(15-9-11)20-16-6-7-17-20;3*1-3-4-2;1-2-3;/h1,3-10H;3*1,3-4H2,2H3;1H3;. The summed E-state index contributed by atoms with van der Waals surface area (Å²) in [6.07, 6.45) is 17.8. The van der Waals surface area contributed by atoms with Crippen molar-refractivity contribution < 1.29 is 0 Å². The van der Waals surface area contributed by atoms with E-state index in [2.05, 4.69) is 64.9 Å². The first-order chi connectivity index (χ1) is 17.6. The van der Waals surface area contributed by atoms with Gasteiger partial charge in [-0.3, -0.25) is 0 Å². The van der Waals surface area contributed by atoms with Gasteiger partial charge in [0.1, 0.15) is 0 Å². The molecule has 0 amide bonds. The zero-order valence-corrected chi connectivity index (χ0v) is 25.0. The fourth-order valence-corrected chi connectivity index (χ4v) is 20.6. The number of hydrogen-bond acceptors (Lipinski definition) is 5. The Morgan fingerprint density at radius 2 is 1.47 bits per heavy atom. The summed E-state index contributed by atoms with van der Waals surface area (Å²) >= 11 is -2.46. The number of imidazole rings is 1. The quantitative estimate of drug-likeness (QED) is 0.174. The van der Waals surface area contributed by atoms with E-state index < -0.39 is 18.4 Å². The Morgan fingerprint density at radius 3 is 2.00 bits per heavy atom. The topological polar surface area (TPSA) is 84.7 Å². The molecule has 0 bridgehead atoms. The van der Waals surface area contributed by atoms with Crippen molar-refractivity contribution in [3.8, 4) is 23.1 Å². The molecule has 0 N–H and O–H groups in total. The van der Waals surface area contributed by atoms with Gasteiger partial charge in [0.05, 0.1) is 6.07 Å². The minimum atomic E-state index is -2.46. The molecule has 0 unspecified atom stereocenters. The van der Waals surface area contributed by atoms with Gasteiger partial charge < -0.3 is 0 Å². The van der Waals surface area contributed by atoms with Crippen LogP contribution < -0.4 is 3.58 Å². The van der Waals surface area contributed by atoms with Crippen LogP contribution in [0.4, 0.5) is 0 Å². The predicted octanol–water partition coefficient (Wildman–Crippen LogP) is 6.56. The molecule has 4 aromatic rings. The monoisotopic (exact) mass is 593 g/mol. The van der Waals surface area contributed by atoms with E-state index in [0.717, 1.165) is 16.9 Å². The van der Waals surface area contributed by atoms with Gasteiger partial charge in [0, 0.05) is 6.92 Å². The Hall–Kier alpha value is -2.73. The number of fused-ring (bicyclic) bond motifs is 1. The number of pyridine rings is 2. The van der Waals surface area contributed by atoms with Crippen molar-refractivity contribution in [3.63, 3.8) is 0 Å². The number of unbranched alkanes of at least 4 members (excludes halogenated alkanes) is 3.